The van der Waals surface area contributed by atoms with Crippen LogP contribution >= 0.6 is 90.6 Å². The average molecular weight is 683 g/mol. The van der Waals surface area contributed by atoms with E-state index in [1.807, 2.05) is 12.1 Å². The van der Waals surface area contributed by atoms with Crippen LogP contribution in [0.1, 0.15) is 11.1 Å². The quantitative estimate of drug-likeness (QED) is 0.198. The van der Waals surface area contributed by atoms with Gasteiger partial charge in [-0.15, -0.1) is 0 Å². The van der Waals surface area contributed by atoms with Gasteiger partial charge in [0.05, 0.1) is 24.6 Å². The Hall–Kier alpha value is -1.13. The number of ether oxygens (including phenoxy) is 1. The maximum Gasteiger partial charge on any atom is 0.270 e. The van der Waals surface area contributed by atoms with Crippen molar-refractivity contribution in [1.82, 2.24) is 0 Å². The Bertz CT molecular complexity index is 1350. The van der Waals surface area contributed by atoms with E-state index in [-0.39, 0.29) is 17.5 Å². The van der Waals surface area contributed by atoms with Crippen LogP contribution in [-0.4, -0.2) is 10.2 Å². The van der Waals surface area contributed by atoms with Crippen LogP contribution < -0.4 is 9.64 Å². The minimum atomic E-state index is -0.568. The molecule has 3 nitrogen and oxygen atoms in total. The Morgan fingerprint density at radius 1 is 1.03 bits per heavy atom. The van der Waals surface area contributed by atoms with Crippen molar-refractivity contribution >= 4 is 113 Å². The third-order valence-electron chi connectivity index (χ3n) is 4.66. The van der Waals surface area contributed by atoms with Gasteiger partial charge in [0.1, 0.15) is 18.2 Å². The second-order valence-electron chi connectivity index (χ2n) is 6.95. The average Bonchev–Trinajstić information content (AvgIpc) is 3.03. The predicted octanol–water partition coefficient (Wildman–Crippen LogP) is 9.30. The van der Waals surface area contributed by atoms with E-state index in [1.165, 1.54) is 23.1 Å². The first kappa shape index (κ1) is 25.9. The Kier molecular flexibility index (Phi) is 8.29. The first-order valence-corrected chi connectivity index (χ1v) is 13.4. The monoisotopic (exact) mass is 679 g/mol. The molecule has 11 heteroatoms. The SMILES string of the molecule is O=C1/C(=C\c2cc(Br)c(OCc3ccc(Cl)cc3Cl)c(Br)c2)SC(=S)N1c1ccc(F)c(Cl)c1. The molecule has 0 aliphatic carbocycles. The molecule has 0 spiro atoms. The van der Waals surface area contributed by atoms with Crippen molar-refractivity contribution in [2.24, 2.45) is 0 Å². The molecule has 3 aromatic carbocycles. The Morgan fingerprint density at radius 3 is 2.38 bits per heavy atom. The van der Waals surface area contributed by atoms with Gasteiger partial charge in [-0.1, -0.05) is 64.8 Å². The number of carbonyl (C=O) groups excluding carboxylic acids is 1. The zero-order valence-corrected chi connectivity index (χ0v) is 23.8. The van der Waals surface area contributed by atoms with E-state index in [0.29, 0.717) is 39.7 Å². The maximum atomic E-state index is 13.5. The Labute approximate surface area is 236 Å². The molecule has 4 rings (SSSR count). The number of halogens is 6. The van der Waals surface area contributed by atoms with E-state index in [9.17, 15) is 9.18 Å². The van der Waals surface area contributed by atoms with Crippen molar-refractivity contribution in [2.75, 3.05) is 4.90 Å². The highest BCUT2D eigenvalue weighted by Crippen LogP contribution is 2.40. The third-order valence-corrected chi connectivity index (χ3v) is 8.02. The van der Waals surface area contributed by atoms with Gasteiger partial charge in [0.25, 0.3) is 5.91 Å². The number of hydrogen-bond acceptors (Lipinski definition) is 4. The summed E-state index contributed by atoms with van der Waals surface area (Å²) >= 11 is 31.6. The summed E-state index contributed by atoms with van der Waals surface area (Å²) in [5, 5.41) is 0.980. The van der Waals surface area contributed by atoms with Gasteiger partial charge in [0.15, 0.2) is 4.32 Å². The highest BCUT2D eigenvalue weighted by molar-refractivity contribution is 9.11. The molecule has 1 aliphatic rings. The third kappa shape index (κ3) is 5.64. The molecule has 0 saturated carbocycles. The number of carbonyl (C=O) groups is 1. The number of benzene rings is 3. The lowest BCUT2D eigenvalue weighted by atomic mass is 10.2. The van der Waals surface area contributed by atoms with Crippen molar-refractivity contribution in [2.45, 2.75) is 6.61 Å². The smallest absolute Gasteiger partial charge is 0.270 e. The molecule has 3 aromatic rings. The van der Waals surface area contributed by atoms with Gasteiger partial charge in [-0.25, -0.2) is 4.39 Å². The van der Waals surface area contributed by atoms with Crippen LogP contribution in [0.3, 0.4) is 0 Å². The summed E-state index contributed by atoms with van der Waals surface area (Å²) in [6, 6.07) is 12.9. The maximum absolute atomic E-state index is 13.5. The summed E-state index contributed by atoms with van der Waals surface area (Å²) in [5.74, 6) is -0.305. The van der Waals surface area contributed by atoms with Crippen LogP contribution in [0.15, 0.2) is 62.4 Å². The van der Waals surface area contributed by atoms with E-state index < -0.39 is 5.82 Å². The molecular formula is C23H11Br2Cl3FNO2S2. The lowest BCUT2D eigenvalue weighted by molar-refractivity contribution is -0.113. The van der Waals surface area contributed by atoms with E-state index in [0.717, 1.165) is 22.9 Å². The molecule has 0 aromatic heterocycles. The topological polar surface area (TPSA) is 29.5 Å². The molecule has 0 bridgehead atoms. The Morgan fingerprint density at radius 2 is 1.74 bits per heavy atom. The molecule has 0 radical (unpaired) electrons. The number of hydrogen-bond donors (Lipinski definition) is 0. The minimum Gasteiger partial charge on any atom is -0.486 e. The molecule has 1 amide bonds. The predicted molar refractivity (Wildman–Crippen MR) is 150 cm³/mol. The molecule has 34 heavy (non-hydrogen) atoms. The molecule has 0 unspecified atom stereocenters. The number of thiocarbonyl (C=S) groups is 1. The molecule has 1 fully saturated rings. The van der Waals surface area contributed by atoms with Gasteiger partial charge < -0.3 is 4.74 Å². The highest BCUT2D eigenvalue weighted by atomic mass is 79.9. The van der Waals surface area contributed by atoms with Gasteiger partial charge >= 0.3 is 0 Å². The van der Waals surface area contributed by atoms with Crippen molar-refractivity contribution in [1.29, 1.82) is 0 Å². The molecular weight excluding hydrogens is 672 g/mol. The van der Waals surface area contributed by atoms with Gasteiger partial charge in [-0.2, -0.15) is 0 Å². The van der Waals surface area contributed by atoms with Crippen LogP contribution in [0.5, 0.6) is 5.75 Å². The molecule has 1 saturated heterocycles. The molecule has 174 valence electrons. The molecule has 1 heterocycles. The first-order valence-electron chi connectivity index (χ1n) is 9.43. The van der Waals surface area contributed by atoms with Crippen LogP contribution in [0, 0.1) is 5.82 Å². The zero-order valence-electron chi connectivity index (χ0n) is 16.8. The van der Waals surface area contributed by atoms with Gasteiger partial charge in [0, 0.05) is 15.6 Å². The van der Waals surface area contributed by atoms with Gasteiger partial charge in [-0.05, 0) is 86.0 Å². The summed E-state index contributed by atoms with van der Waals surface area (Å²) in [6.45, 7) is 0.242. The van der Waals surface area contributed by atoms with Gasteiger partial charge in [0.2, 0.25) is 0 Å². The van der Waals surface area contributed by atoms with E-state index in [2.05, 4.69) is 31.9 Å². The van der Waals surface area contributed by atoms with Crippen molar-refractivity contribution in [3.63, 3.8) is 0 Å². The summed E-state index contributed by atoms with van der Waals surface area (Å²) in [7, 11) is 0. The molecule has 0 N–H and O–H groups in total. The second-order valence-corrected chi connectivity index (χ2v) is 11.6. The standard InChI is InChI=1S/C23H11Br2Cl3FNO2S2/c24-15-5-11(6-16(25)21(15)32-10-12-1-2-13(26)8-17(12)27)7-20-22(31)30(23(33)34-20)14-3-4-19(29)18(28)9-14/h1-9H,10H2/b20-7+. The van der Waals surface area contributed by atoms with Crippen LogP contribution in [0.2, 0.25) is 15.1 Å². The Balaban J connectivity index is 1.55. The lowest BCUT2D eigenvalue weighted by Crippen LogP contribution is -2.27. The van der Waals surface area contributed by atoms with Crippen molar-refractivity contribution in [3.8, 4) is 5.75 Å². The van der Waals surface area contributed by atoms with Crippen LogP contribution in [0.4, 0.5) is 10.1 Å². The number of rotatable bonds is 5. The van der Waals surface area contributed by atoms with E-state index in [1.54, 1.807) is 24.3 Å². The summed E-state index contributed by atoms with van der Waals surface area (Å²) in [6.07, 6.45) is 1.72. The lowest BCUT2D eigenvalue weighted by Gasteiger charge is -2.15. The first-order chi connectivity index (χ1) is 16.1. The summed E-state index contributed by atoms with van der Waals surface area (Å²) < 4.78 is 21.2. The fourth-order valence-corrected chi connectivity index (χ4v) is 6.44. The van der Waals surface area contributed by atoms with Crippen LogP contribution in [0.25, 0.3) is 6.08 Å². The number of nitrogens with zero attached hydrogens (tertiary/aromatic N) is 1. The molecule has 0 atom stereocenters. The fraction of sp³-hybridized carbons (Fsp3) is 0.0435. The largest absolute Gasteiger partial charge is 0.486 e. The van der Waals surface area contributed by atoms with Crippen molar-refractivity contribution < 1.29 is 13.9 Å². The second kappa shape index (κ2) is 10.9. The van der Waals surface area contributed by atoms with Gasteiger partial charge in [-0.3, -0.25) is 9.69 Å². The highest BCUT2D eigenvalue weighted by Gasteiger charge is 2.33. The van der Waals surface area contributed by atoms with E-state index in [4.69, 9.17) is 51.8 Å². The normalized spacial score (nSPS) is 14.9. The van der Waals surface area contributed by atoms with Crippen molar-refractivity contribution in [3.05, 3.63) is 94.4 Å². The molecule has 1 aliphatic heterocycles. The van der Waals surface area contributed by atoms with Crippen LogP contribution in [-0.2, 0) is 11.4 Å². The fourth-order valence-electron chi connectivity index (χ4n) is 3.06. The minimum absolute atomic E-state index is 0.0844. The number of anilines is 1. The number of thioether (sulfide) groups is 1. The number of amides is 1. The van der Waals surface area contributed by atoms with E-state index >= 15 is 0 Å². The zero-order chi connectivity index (χ0) is 24.6. The summed E-state index contributed by atoms with van der Waals surface area (Å²) in [5.41, 5.74) is 1.94. The summed E-state index contributed by atoms with van der Waals surface area (Å²) in [4.78, 5) is 14.8.